The van der Waals surface area contributed by atoms with Gasteiger partial charge in [0.15, 0.2) is 0 Å². The van der Waals surface area contributed by atoms with Crippen LogP contribution in [0.15, 0.2) is 0 Å². The Labute approximate surface area is 78.8 Å². The molecule has 12 heavy (non-hydrogen) atoms. The van der Waals surface area contributed by atoms with Crippen molar-refractivity contribution in [2.45, 2.75) is 36.1 Å². The zero-order valence-electron chi connectivity index (χ0n) is 6.76. The summed E-state index contributed by atoms with van der Waals surface area (Å²) >= 11 is 0. The monoisotopic (exact) mass is 184 g/mol. The first-order chi connectivity index (χ1) is 4.15. The zero-order chi connectivity index (χ0) is 8.28. The van der Waals surface area contributed by atoms with Crippen molar-refractivity contribution in [3.05, 3.63) is 0 Å². The molecule has 0 unspecified atom stereocenters. The Hall–Kier alpha value is -0.410. The molecule has 0 amide bonds. The lowest BCUT2D eigenvalue weighted by Crippen LogP contribution is -1.69. The highest BCUT2D eigenvalue weighted by atomic mass is 16.4. The Balaban J connectivity index is -0.0000000105. The summed E-state index contributed by atoms with van der Waals surface area (Å²) in [6, 6.07) is 0. The first-order valence-electron chi connectivity index (χ1n) is 2.47. The van der Waals surface area contributed by atoms with E-state index in [4.69, 9.17) is 5.11 Å². The molecule has 3 nitrogen and oxygen atoms in total. The van der Waals surface area contributed by atoms with Crippen LogP contribution in [0.1, 0.15) is 36.1 Å². The quantitative estimate of drug-likeness (QED) is 0.628. The van der Waals surface area contributed by atoms with Crippen LogP contribution < -0.4 is 0 Å². The van der Waals surface area contributed by atoms with E-state index in [1.54, 1.807) is 14.2 Å². The van der Waals surface area contributed by atoms with Gasteiger partial charge in [-0.2, -0.15) is 0 Å². The summed E-state index contributed by atoms with van der Waals surface area (Å²) in [5.41, 5.74) is 0. The van der Waals surface area contributed by atoms with E-state index < -0.39 is 0 Å². The number of Topliss-reactive ketones (excluding diaryl/α,β-unsaturated/α-hetero) is 1. The third-order valence-electron chi connectivity index (χ3n) is 0. The second-order valence-corrected chi connectivity index (χ2v) is 1.32. The molecular formula is C9H28O3. The van der Waals surface area contributed by atoms with Gasteiger partial charge < -0.3 is 14.6 Å². The average Bonchev–Trinajstić information content (AvgIpc) is 1.71. The van der Waals surface area contributed by atoms with Gasteiger partial charge >= 0.3 is 0 Å². The van der Waals surface area contributed by atoms with E-state index in [2.05, 4.69) is 4.74 Å². The molecule has 0 saturated carbocycles. The molecule has 0 heterocycles. The minimum absolute atomic E-state index is 0. The van der Waals surface area contributed by atoms with Gasteiger partial charge in [0.2, 0.25) is 0 Å². The van der Waals surface area contributed by atoms with Gasteiger partial charge in [-0.1, -0.05) is 22.3 Å². The molecule has 0 fully saturated rings. The summed E-state index contributed by atoms with van der Waals surface area (Å²) in [5, 5.41) is 7.00. The second-order valence-electron chi connectivity index (χ2n) is 1.32. The molecule has 0 aliphatic heterocycles. The number of rotatable bonds is 0. The van der Waals surface area contributed by atoms with Crippen LogP contribution in [0.2, 0.25) is 0 Å². The van der Waals surface area contributed by atoms with E-state index in [-0.39, 0.29) is 28.1 Å². The number of aliphatic hydroxyl groups excluding tert-OH is 1. The number of aliphatic hydroxyl groups is 1. The molecule has 3 heteroatoms. The Kier molecular flexibility index (Phi) is 262. The van der Waals surface area contributed by atoms with Crippen LogP contribution in [0.5, 0.6) is 0 Å². The van der Waals surface area contributed by atoms with Crippen LogP contribution in [-0.2, 0) is 9.53 Å². The summed E-state index contributed by atoms with van der Waals surface area (Å²) in [5.74, 6) is 0.167. The molecule has 0 aromatic carbocycles. The largest absolute Gasteiger partial charge is 0.400 e. The van der Waals surface area contributed by atoms with Crippen molar-refractivity contribution in [2.75, 3.05) is 21.3 Å². The predicted molar refractivity (Wildman–Crippen MR) is 57.6 cm³/mol. The van der Waals surface area contributed by atoms with Gasteiger partial charge in [0, 0.05) is 21.3 Å². The molecule has 0 atom stereocenters. The molecule has 0 aliphatic carbocycles. The van der Waals surface area contributed by atoms with Crippen LogP contribution >= 0.6 is 0 Å². The highest BCUT2D eigenvalue weighted by Gasteiger charge is 1.62. The molecule has 0 aromatic heterocycles. The average molecular weight is 184 g/mol. The molecule has 0 radical (unpaired) electrons. The lowest BCUT2D eigenvalue weighted by Gasteiger charge is -1.61. The van der Waals surface area contributed by atoms with E-state index in [9.17, 15) is 4.79 Å². The first-order valence-corrected chi connectivity index (χ1v) is 2.47. The molecule has 0 rings (SSSR count). The van der Waals surface area contributed by atoms with Crippen molar-refractivity contribution in [2.24, 2.45) is 0 Å². The first kappa shape index (κ1) is 41.6. The lowest BCUT2D eigenvalue weighted by molar-refractivity contribution is -0.114. The van der Waals surface area contributed by atoms with Crippen LogP contribution in [0.4, 0.5) is 0 Å². The number of ether oxygens (including phenoxy) is 1. The fourth-order valence-electron chi connectivity index (χ4n) is 0. The minimum atomic E-state index is 0. The van der Waals surface area contributed by atoms with Gasteiger partial charge in [-0.15, -0.1) is 0 Å². The molecule has 0 aliphatic rings. The van der Waals surface area contributed by atoms with Crippen LogP contribution in [0.25, 0.3) is 0 Å². The van der Waals surface area contributed by atoms with Crippen molar-refractivity contribution < 1.29 is 14.6 Å². The van der Waals surface area contributed by atoms with Crippen LogP contribution in [0.3, 0.4) is 0 Å². The van der Waals surface area contributed by atoms with Crippen molar-refractivity contribution in [1.82, 2.24) is 0 Å². The third-order valence-corrected chi connectivity index (χ3v) is 0. The molecule has 0 saturated heterocycles. The summed E-state index contributed by atoms with van der Waals surface area (Å²) < 4.78 is 4.25. The Morgan fingerprint density at radius 1 is 1.00 bits per heavy atom. The van der Waals surface area contributed by atoms with E-state index in [0.29, 0.717) is 0 Å². The topological polar surface area (TPSA) is 46.5 Å². The summed E-state index contributed by atoms with van der Waals surface area (Å²) in [7, 11) is 4.25. The highest BCUT2D eigenvalue weighted by Crippen LogP contribution is 1.50. The Morgan fingerprint density at radius 3 is 1.00 bits per heavy atom. The summed E-state index contributed by atoms with van der Waals surface area (Å²) in [6.07, 6.45) is 0. The second kappa shape index (κ2) is 75.6. The van der Waals surface area contributed by atoms with Gasteiger partial charge in [-0.05, 0) is 13.8 Å². The minimum Gasteiger partial charge on any atom is -0.400 e. The van der Waals surface area contributed by atoms with Gasteiger partial charge in [0.05, 0.1) is 0 Å². The van der Waals surface area contributed by atoms with Crippen molar-refractivity contribution in [1.29, 1.82) is 0 Å². The van der Waals surface area contributed by atoms with E-state index in [0.717, 1.165) is 7.11 Å². The smallest absolute Gasteiger partial charge is 0.126 e. The van der Waals surface area contributed by atoms with Gasteiger partial charge in [-0.3, -0.25) is 0 Å². The van der Waals surface area contributed by atoms with Crippen molar-refractivity contribution in [3.63, 3.8) is 0 Å². The SMILES string of the molecule is C.C.C.CC(C)=O.CO.COC. The molecule has 0 aromatic rings. The van der Waals surface area contributed by atoms with Gasteiger partial charge in [0.1, 0.15) is 5.78 Å². The number of carbonyl (C=O) groups is 1. The third kappa shape index (κ3) is 4210. The van der Waals surface area contributed by atoms with Crippen LogP contribution in [0, 0.1) is 0 Å². The number of hydrogen-bond acceptors (Lipinski definition) is 3. The zero-order valence-corrected chi connectivity index (χ0v) is 6.76. The van der Waals surface area contributed by atoms with E-state index in [1.807, 2.05) is 0 Å². The lowest BCUT2D eigenvalue weighted by atomic mass is 10.6. The maximum Gasteiger partial charge on any atom is 0.126 e. The van der Waals surface area contributed by atoms with Gasteiger partial charge in [-0.25, -0.2) is 0 Å². The maximum atomic E-state index is 9.44. The highest BCUT2D eigenvalue weighted by molar-refractivity contribution is 5.72. The van der Waals surface area contributed by atoms with Gasteiger partial charge in [0.25, 0.3) is 0 Å². The Bertz CT molecular complexity index is 41.0. The van der Waals surface area contributed by atoms with Crippen molar-refractivity contribution >= 4 is 5.78 Å². The van der Waals surface area contributed by atoms with E-state index in [1.165, 1.54) is 13.8 Å². The molecule has 0 bridgehead atoms. The fraction of sp³-hybridized carbons (Fsp3) is 0.889. The molecule has 82 valence electrons. The summed E-state index contributed by atoms with van der Waals surface area (Å²) in [6.45, 7) is 3.06. The van der Waals surface area contributed by atoms with Crippen LogP contribution in [-0.4, -0.2) is 32.2 Å². The number of methoxy groups -OCH3 is 1. The Morgan fingerprint density at radius 2 is 1.00 bits per heavy atom. The molecule has 0 spiro atoms. The van der Waals surface area contributed by atoms with E-state index >= 15 is 0 Å². The number of ketones is 1. The number of hydrogen-bond donors (Lipinski definition) is 1. The number of carbonyl (C=O) groups excluding carboxylic acids is 1. The predicted octanol–water partition coefficient (Wildman–Crippen LogP) is 2.37. The summed E-state index contributed by atoms with van der Waals surface area (Å²) in [4.78, 5) is 9.44. The maximum absolute atomic E-state index is 9.44. The normalized spacial score (nSPS) is 4.17. The molecule has 1 N–H and O–H groups in total. The molecular weight excluding hydrogens is 156 g/mol. The standard InChI is InChI=1S/C3H6O.C2H6O.CH4O.3CH4/c1-3(2)4;1-3-2;1-2;;;/h1-2H3;1-2H3;2H,1H3;3*1H4. The van der Waals surface area contributed by atoms with Crippen molar-refractivity contribution in [3.8, 4) is 0 Å². The fourth-order valence-corrected chi connectivity index (χ4v) is 0.